The highest BCUT2D eigenvalue weighted by atomic mass is 32.1. The molecule has 1 aliphatic carbocycles. The average Bonchev–Trinajstić information content (AvgIpc) is 3.07. The summed E-state index contributed by atoms with van der Waals surface area (Å²) in [5.41, 5.74) is 5.36. The van der Waals surface area contributed by atoms with Gasteiger partial charge in [0.05, 0.1) is 40.9 Å². The van der Waals surface area contributed by atoms with Gasteiger partial charge in [-0.15, -0.1) is 45.1 Å². The third-order valence-electron chi connectivity index (χ3n) is 6.94. The van der Waals surface area contributed by atoms with Crippen LogP contribution in [0.3, 0.4) is 0 Å². The second-order valence-electron chi connectivity index (χ2n) is 9.02. The summed E-state index contributed by atoms with van der Waals surface area (Å²) in [5, 5.41) is 0. The molecule has 1 aliphatic rings. The maximum atomic E-state index is 3.00. The first-order valence-corrected chi connectivity index (χ1v) is 16.2. The monoisotopic (exact) mass is 552 g/mol. The van der Waals surface area contributed by atoms with Crippen molar-refractivity contribution >= 4 is 82.2 Å². The lowest BCUT2D eigenvalue weighted by Crippen LogP contribution is -2.11. The topological polar surface area (TPSA) is 9.86 Å². The van der Waals surface area contributed by atoms with Crippen LogP contribution in [0.5, 0.6) is 0 Å². The van der Waals surface area contributed by atoms with E-state index in [0.29, 0.717) is 6.04 Å². The van der Waals surface area contributed by atoms with Crippen molar-refractivity contribution in [2.45, 2.75) is 57.4 Å². The van der Waals surface area contributed by atoms with Gasteiger partial charge in [0.25, 0.3) is 0 Å². The van der Waals surface area contributed by atoms with Crippen molar-refractivity contribution in [3.05, 3.63) is 73.8 Å². The zero-order valence-corrected chi connectivity index (χ0v) is 25.2. The van der Waals surface area contributed by atoms with E-state index in [0.717, 1.165) is 0 Å². The van der Waals surface area contributed by atoms with Gasteiger partial charge in [0, 0.05) is 6.04 Å². The molecule has 0 bridgehead atoms. The Morgan fingerprint density at radius 3 is 1.75 bits per heavy atom. The molecule has 6 heteroatoms. The van der Waals surface area contributed by atoms with Gasteiger partial charge in [0.2, 0.25) is 0 Å². The van der Waals surface area contributed by atoms with Gasteiger partial charge in [-0.3, -0.25) is 0 Å². The van der Waals surface area contributed by atoms with Gasteiger partial charge in [-0.1, -0.05) is 69.5 Å². The van der Waals surface area contributed by atoms with Gasteiger partial charge in [-0.05, 0) is 58.6 Å². The van der Waals surface area contributed by atoms with E-state index in [1.165, 1.54) is 92.2 Å². The lowest BCUT2D eigenvalue weighted by atomic mass is 10.0. The molecule has 1 fully saturated rings. The normalized spacial score (nSPS) is 14.9. The molecule has 1 saturated carbocycles. The van der Waals surface area contributed by atoms with Crippen molar-refractivity contribution < 1.29 is 0 Å². The standard InChI is InChI=1S/C27H29N2PS2.C2H4.CH5P/c30-29-21-14-8-10-16-25(21)32-27-17-22-26(18-23(27)29)31-24-15-9-7-13-20(24)28(22)19-11-5-3-1-2-4-6-12-19;2*1-2/h7-10,13-19H,1-6,11-12,30H2;1-2H2;2H2,1H3. The lowest BCUT2D eigenvalue weighted by molar-refractivity contribution is 0.434. The number of rotatable bonds is 1. The molecule has 0 aliphatic heterocycles. The maximum absolute atomic E-state index is 3.00. The molecule has 0 spiro atoms. The molecular weight excluding hydrogens is 514 g/mol. The second-order valence-corrected chi connectivity index (χ2v) is 11.7. The van der Waals surface area contributed by atoms with Crippen LogP contribution in [0.25, 0.3) is 40.9 Å². The van der Waals surface area contributed by atoms with Gasteiger partial charge in [0.15, 0.2) is 0 Å². The molecule has 2 unspecified atom stereocenters. The Hall–Kier alpha value is -1.70. The summed E-state index contributed by atoms with van der Waals surface area (Å²) in [6, 6.07) is 23.2. The Kier molecular flexibility index (Phi) is 10.0. The number of para-hydroxylation sites is 2. The highest BCUT2D eigenvalue weighted by Crippen LogP contribution is 2.39. The van der Waals surface area contributed by atoms with E-state index in [9.17, 15) is 0 Å². The minimum atomic E-state index is 0.583. The first kappa shape index (κ1) is 27.3. The van der Waals surface area contributed by atoms with Crippen molar-refractivity contribution in [1.82, 2.24) is 8.90 Å². The van der Waals surface area contributed by atoms with Crippen molar-refractivity contribution in [3.8, 4) is 0 Å². The van der Waals surface area contributed by atoms with Crippen molar-refractivity contribution in [3.63, 3.8) is 0 Å². The molecule has 2 nitrogen and oxygen atoms in total. The van der Waals surface area contributed by atoms with Crippen molar-refractivity contribution in [1.29, 1.82) is 0 Å². The van der Waals surface area contributed by atoms with Crippen LogP contribution in [0.1, 0.15) is 57.4 Å². The van der Waals surface area contributed by atoms with Crippen molar-refractivity contribution in [2.24, 2.45) is 0 Å². The summed E-state index contributed by atoms with van der Waals surface area (Å²) >= 11 is 3.84. The van der Waals surface area contributed by atoms with E-state index in [1.807, 2.05) is 29.3 Å². The molecule has 2 aromatic heterocycles. The molecule has 5 aromatic rings. The van der Waals surface area contributed by atoms with E-state index in [2.05, 4.69) is 101 Å². The number of hydrogen-bond donors (Lipinski definition) is 0. The van der Waals surface area contributed by atoms with Gasteiger partial charge in [-0.2, -0.15) is 0 Å². The number of aromatic nitrogens is 2. The highest BCUT2D eigenvalue weighted by molar-refractivity contribution is 7.26. The molecule has 0 N–H and O–H groups in total. The highest BCUT2D eigenvalue weighted by Gasteiger charge is 2.18. The van der Waals surface area contributed by atoms with Crippen molar-refractivity contribution in [2.75, 3.05) is 6.66 Å². The Morgan fingerprint density at radius 2 is 1.11 bits per heavy atom. The minimum Gasteiger partial charge on any atom is -0.336 e. The minimum absolute atomic E-state index is 0.583. The largest absolute Gasteiger partial charge is 0.336 e. The fourth-order valence-electron chi connectivity index (χ4n) is 5.32. The van der Waals surface area contributed by atoms with Crippen LogP contribution in [0, 0.1) is 0 Å². The first-order chi connectivity index (χ1) is 17.8. The number of hydrogen-bond acceptors (Lipinski definition) is 2. The summed E-state index contributed by atoms with van der Waals surface area (Å²) in [4.78, 5) is 0. The van der Waals surface area contributed by atoms with Gasteiger partial charge in [0.1, 0.15) is 0 Å². The van der Waals surface area contributed by atoms with Crippen LogP contribution in [0.4, 0.5) is 0 Å². The number of fused-ring (bicyclic) bond motifs is 4. The fourth-order valence-corrected chi connectivity index (χ4v) is 8.12. The zero-order valence-electron chi connectivity index (χ0n) is 21.3. The zero-order chi connectivity index (χ0) is 25.5. The predicted octanol–water partition coefficient (Wildman–Crippen LogP) is 10.8. The molecule has 190 valence electrons. The van der Waals surface area contributed by atoms with Crippen LogP contribution in [-0.4, -0.2) is 15.6 Å². The van der Waals surface area contributed by atoms with Crippen LogP contribution in [-0.2, 0) is 0 Å². The third kappa shape index (κ3) is 5.58. The van der Waals surface area contributed by atoms with Crippen LogP contribution >= 0.6 is 41.3 Å². The van der Waals surface area contributed by atoms with Gasteiger partial charge < -0.3 is 8.90 Å². The SMILES string of the molecule is C=C.CP.Pn1c2ccccc2sc2cc3c(cc21)sc1ccccc1n3C1CCCCCCCC1. The quantitative estimate of drug-likeness (QED) is 0.111. The summed E-state index contributed by atoms with van der Waals surface area (Å²) in [7, 11) is 5.36. The Balaban J connectivity index is 0.000000726. The van der Waals surface area contributed by atoms with Crippen LogP contribution < -0.4 is 0 Å². The number of nitrogens with zero attached hydrogens (tertiary/aromatic N) is 2. The lowest BCUT2D eigenvalue weighted by Gasteiger charge is -2.25. The third-order valence-corrected chi connectivity index (χ3v) is 9.72. The Morgan fingerprint density at radius 1 is 0.639 bits per heavy atom. The van der Waals surface area contributed by atoms with Gasteiger partial charge in [-0.25, -0.2) is 0 Å². The molecule has 6 rings (SSSR count). The molecule has 36 heavy (non-hydrogen) atoms. The summed E-state index contributed by atoms with van der Waals surface area (Å²) < 4.78 is 10.4. The molecule has 3 aromatic carbocycles. The summed E-state index contributed by atoms with van der Waals surface area (Å²) in [5.74, 6) is 0. The Labute approximate surface area is 228 Å². The number of benzene rings is 3. The van der Waals surface area contributed by atoms with E-state index >= 15 is 0 Å². The Bertz CT molecular complexity index is 1480. The molecular formula is C30H38N2P2S2. The predicted molar refractivity (Wildman–Crippen MR) is 174 cm³/mol. The summed E-state index contributed by atoms with van der Waals surface area (Å²) in [6.45, 7) is 7.92. The van der Waals surface area contributed by atoms with Crippen LogP contribution in [0.2, 0.25) is 0 Å². The van der Waals surface area contributed by atoms with E-state index in [-0.39, 0.29) is 0 Å². The van der Waals surface area contributed by atoms with E-state index in [1.54, 1.807) is 0 Å². The molecule has 2 atom stereocenters. The molecule has 2 heterocycles. The smallest absolute Gasteiger partial charge is 0.0631 e. The average molecular weight is 553 g/mol. The molecule has 0 radical (unpaired) electrons. The van der Waals surface area contributed by atoms with E-state index in [4.69, 9.17) is 0 Å². The van der Waals surface area contributed by atoms with E-state index < -0.39 is 0 Å². The second kappa shape index (κ2) is 13.2. The maximum Gasteiger partial charge on any atom is 0.0631 e. The molecule has 0 saturated heterocycles. The summed E-state index contributed by atoms with van der Waals surface area (Å²) in [6.07, 6.45) is 10.9. The van der Waals surface area contributed by atoms with Gasteiger partial charge >= 0.3 is 0 Å². The van der Waals surface area contributed by atoms with Crippen LogP contribution in [0.15, 0.2) is 73.8 Å². The first-order valence-electron chi connectivity index (χ1n) is 12.9. The fraction of sp³-hybridized carbons (Fsp3) is 0.333. The molecule has 0 amide bonds.